The summed E-state index contributed by atoms with van der Waals surface area (Å²) in [5.74, 6) is -0.173. The molecular weight excluding hydrogens is 319 g/mol. The van der Waals surface area contributed by atoms with Crippen LogP contribution in [0.4, 0.5) is 0 Å². The van der Waals surface area contributed by atoms with E-state index >= 15 is 0 Å². The summed E-state index contributed by atoms with van der Waals surface area (Å²) in [6.07, 6.45) is 1.79. The molecule has 0 aliphatic heterocycles. The first-order valence-electron chi connectivity index (χ1n) is 6.79. The number of halogens is 2. The van der Waals surface area contributed by atoms with Gasteiger partial charge in [-0.05, 0) is 37.1 Å². The number of carbonyl (C=O) groups excluding carboxylic acids is 1. The number of hydrogen-bond donors (Lipinski definition) is 1. The van der Waals surface area contributed by atoms with E-state index in [0.29, 0.717) is 15.6 Å². The number of hydrogen-bond acceptors (Lipinski definition) is 2. The Morgan fingerprint density at radius 3 is 2.64 bits per heavy atom. The van der Waals surface area contributed by atoms with E-state index in [0.717, 1.165) is 11.1 Å². The van der Waals surface area contributed by atoms with E-state index in [1.165, 1.54) is 11.8 Å². The zero-order chi connectivity index (χ0) is 16.1. The fourth-order valence-corrected chi connectivity index (χ4v) is 2.49. The fourth-order valence-electron chi connectivity index (χ4n) is 2.04. The second kappa shape index (κ2) is 7.43. The van der Waals surface area contributed by atoms with Crippen molar-refractivity contribution in [1.82, 2.24) is 5.43 Å². The summed E-state index contributed by atoms with van der Waals surface area (Å²) in [6, 6.07) is 11.1. The van der Waals surface area contributed by atoms with Crippen molar-refractivity contribution >= 4 is 35.3 Å². The second-order valence-electron chi connectivity index (χ2n) is 5.07. The molecule has 0 saturated carbocycles. The van der Waals surface area contributed by atoms with Crippen molar-refractivity contribution in [3.8, 4) is 0 Å². The number of aryl methyl sites for hydroxylation is 2. The van der Waals surface area contributed by atoms with Crippen molar-refractivity contribution in [1.29, 1.82) is 0 Å². The van der Waals surface area contributed by atoms with E-state index in [1.807, 2.05) is 26.0 Å². The third-order valence-corrected chi connectivity index (χ3v) is 3.77. The first kappa shape index (κ1) is 16.5. The summed E-state index contributed by atoms with van der Waals surface area (Å²) >= 11 is 11.8. The lowest BCUT2D eigenvalue weighted by Gasteiger charge is -2.05. The summed E-state index contributed by atoms with van der Waals surface area (Å²) in [4.78, 5) is 11.9. The second-order valence-corrected chi connectivity index (χ2v) is 5.91. The van der Waals surface area contributed by atoms with E-state index in [4.69, 9.17) is 23.2 Å². The first-order valence-corrected chi connectivity index (χ1v) is 7.54. The third kappa shape index (κ3) is 4.58. The van der Waals surface area contributed by atoms with Gasteiger partial charge in [0.1, 0.15) is 0 Å². The third-order valence-electron chi connectivity index (χ3n) is 3.20. The van der Waals surface area contributed by atoms with E-state index in [-0.39, 0.29) is 12.3 Å². The number of carbonyl (C=O) groups is 1. The summed E-state index contributed by atoms with van der Waals surface area (Å²) in [5.41, 5.74) is 6.46. The van der Waals surface area contributed by atoms with Gasteiger partial charge >= 0.3 is 0 Å². The lowest BCUT2D eigenvalue weighted by atomic mass is 10.0. The Bertz CT molecular complexity index is 727. The van der Waals surface area contributed by atoms with Crippen LogP contribution >= 0.6 is 23.2 Å². The lowest BCUT2D eigenvalue weighted by molar-refractivity contribution is -0.120. The number of benzene rings is 2. The molecule has 114 valence electrons. The molecule has 0 radical (unpaired) electrons. The number of nitrogens with zero attached hydrogens (tertiary/aromatic N) is 1. The molecule has 3 nitrogen and oxygen atoms in total. The van der Waals surface area contributed by atoms with Crippen molar-refractivity contribution in [2.75, 3.05) is 0 Å². The van der Waals surface area contributed by atoms with Gasteiger partial charge in [-0.25, -0.2) is 5.43 Å². The Balaban J connectivity index is 1.96. The Labute approximate surface area is 139 Å². The SMILES string of the molecule is Cc1ccc(CC(=O)N/N=C/c2ccc(Cl)cc2Cl)c(C)c1. The van der Waals surface area contributed by atoms with Crippen LogP contribution in [0.2, 0.25) is 10.0 Å². The van der Waals surface area contributed by atoms with E-state index < -0.39 is 0 Å². The fraction of sp³-hybridized carbons (Fsp3) is 0.176. The number of amides is 1. The van der Waals surface area contributed by atoms with Crippen molar-refractivity contribution in [3.05, 3.63) is 68.7 Å². The van der Waals surface area contributed by atoms with Crippen LogP contribution in [0.5, 0.6) is 0 Å². The topological polar surface area (TPSA) is 41.5 Å². The highest BCUT2D eigenvalue weighted by Gasteiger charge is 2.05. The van der Waals surface area contributed by atoms with E-state index in [1.54, 1.807) is 18.2 Å². The summed E-state index contributed by atoms with van der Waals surface area (Å²) in [5, 5.41) is 4.97. The normalized spacial score (nSPS) is 10.9. The van der Waals surface area contributed by atoms with Gasteiger partial charge < -0.3 is 0 Å². The van der Waals surface area contributed by atoms with Crippen molar-refractivity contribution in [2.24, 2.45) is 5.10 Å². The largest absolute Gasteiger partial charge is 0.273 e. The molecule has 5 heteroatoms. The number of nitrogens with one attached hydrogen (secondary N) is 1. The minimum Gasteiger partial charge on any atom is -0.273 e. The highest BCUT2D eigenvalue weighted by atomic mass is 35.5. The standard InChI is InChI=1S/C17H16Cl2N2O/c1-11-3-4-13(12(2)7-11)8-17(22)21-20-10-14-5-6-15(18)9-16(14)19/h3-7,9-10H,8H2,1-2H3,(H,21,22)/b20-10+. The van der Waals surface area contributed by atoms with Crippen molar-refractivity contribution in [3.63, 3.8) is 0 Å². The van der Waals surface area contributed by atoms with Crippen LogP contribution in [-0.4, -0.2) is 12.1 Å². The summed E-state index contributed by atoms with van der Waals surface area (Å²) < 4.78 is 0. The Morgan fingerprint density at radius 1 is 1.18 bits per heavy atom. The molecule has 0 saturated heterocycles. The molecule has 0 spiro atoms. The molecule has 22 heavy (non-hydrogen) atoms. The van der Waals surface area contributed by atoms with Gasteiger partial charge in [0, 0.05) is 10.6 Å². The molecule has 2 rings (SSSR count). The summed E-state index contributed by atoms with van der Waals surface area (Å²) in [6.45, 7) is 4.02. The molecule has 0 bridgehead atoms. The molecule has 0 heterocycles. The molecule has 2 aromatic rings. The Morgan fingerprint density at radius 2 is 1.95 bits per heavy atom. The molecule has 0 aliphatic rings. The lowest BCUT2D eigenvalue weighted by Crippen LogP contribution is -2.20. The van der Waals surface area contributed by atoms with Gasteiger partial charge in [0.05, 0.1) is 17.7 Å². The highest BCUT2D eigenvalue weighted by Crippen LogP contribution is 2.19. The van der Waals surface area contributed by atoms with Crippen LogP contribution in [0.3, 0.4) is 0 Å². The molecule has 0 aromatic heterocycles. The summed E-state index contributed by atoms with van der Waals surface area (Å²) in [7, 11) is 0. The molecular formula is C17H16Cl2N2O. The average molecular weight is 335 g/mol. The molecule has 0 aliphatic carbocycles. The smallest absolute Gasteiger partial charge is 0.244 e. The van der Waals surface area contributed by atoms with Crippen LogP contribution in [0.15, 0.2) is 41.5 Å². The molecule has 1 amide bonds. The molecule has 1 N–H and O–H groups in total. The van der Waals surface area contributed by atoms with Crippen LogP contribution < -0.4 is 5.43 Å². The molecule has 0 fully saturated rings. The minimum atomic E-state index is -0.173. The van der Waals surface area contributed by atoms with Gasteiger partial charge in [-0.2, -0.15) is 5.10 Å². The zero-order valence-corrected chi connectivity index (χ0v) is 13.9. The number of rotatable bonds is 4. The predicted octanol–water partition coefficient (Wildman–Crippen LogP) is 4.30. The van der Waals surface area contributed by atoms with Gasteiger partial charge in [0.15, 0.2) is 0 Å². The van der Waals surface area contributed by atoms with Crippen LogP contribution in [-0.2, 0) is 11.2 Å². The monoisotopic (exact) mass is 334 g/mol. The van der Waals surface area contributed by atoms with E-state index in [2.05, 4.69) is 16.6 Å². The van der Waals surface area contributed by atoms with Gasteiger partial charge in [-0.15, -0.1) is 0 Å². The van der Waals surface area contributed by atoms with Crippen LogP contribution in [0.25, 0.3) is 0 Å². The van der Waals surface area contributed by atoms with Crippen molar-refractivity contribution in [2.45, 2.75) is 20.3 Å². The molecule has 2 aromatic carbocycles. The van der Waals surface area contributed by atoms with Gasteiger partial charge in [0.25, 0.3) is 0 Å². The van der Waals surface area contributed by atoms with Gasteiger partial charge in [0.2, 0.25) is 5.91 Å². The molecule has 0 atom stereocenters. The zero-order valence-electron chi connectivity index (χ0n) is 12.4. The Hall–Kier alpha value is -1.84. The molecule has 0 unspecified atom stereocenters. The Kier molecular flexibility index (Phi) is 5.58. The van der Waals surface area contributed by atoms with E-state index in [9.17, 15) is 4.79 Å². The maximum absolute atomic E-state index is 11.9. The quantitative estimate of drug-likeness (QED) is 0.657. The maximum atomic E-state index is 11.9. The minimum absolute atomic E-state index is 0.173. The predicted molar refractivity (Wildman–Crippen MR) is 91.8 cm³/mol. The van der Waals surface area contributed by atoms with Gasteiger partial charge in [-0.1, -0.05) is 53.0 Å². The first-order chi connectivity index (χ1) is 10.5. The van der Waals surface area contributed by atoms with Crippen LogP contribution in [0.1, 0.15) is 22.3 Å². The van der Waals surface area contributed by atoms with Crippen LogP contribution in [0, 0.1) is 13.8 Å². The maximum Gasteiger partial charge on any atom is 0.244 e. The van der Waals surface area contributed by atoms with Gasteiger partial charge in [-0.3, -0.25) is 4.79 Å². The highest BCUT2D eigenvalue weighted by molar-refractivity contribution is 6.36. The number of hydrazone groups is 1. The average Bonchev–Trinajstić information content (AvgIpc) is 2.44. The van der Waals surface area contributed by atoms with Crippen molar-refractivity contribution < 1.29 is 4.79 Å².